The van der Waals surface area contributed by atoms with Crippen molar-refractivity contribution < 1.29 is 24.5 Å². The third kappa shape index (κ3) is 8.31. The first-order valence-electron chi connectivity index (χ1n) is 18.0. The van der Waals surface area contributed by atoms with Gasteiger partial charge in [0.15, 0.2) is 0 Å². The number of aromatic nitrogens is 2. The zero-order chi connectivity index (χ0) is 36.4. The van der Waals surface area contributed by atoms with Crippen molar-refractivity contribution in [1.82, 2.24) is 9.97 Å². The quantitative estimate of drug-likeness (QED) is 0.123. The molecule has 3 aromatic heterocycles. The summed E-state index contributed by atoms with van der Waals surface area (Å²) in [5.74, 6) is 7.67. The molecule has 0 aliphatic heterocycles. The molecule has 53 heavy (non-hydrogen) atoms. The van der Waals surface area contributed by atoms with E-state index in [-0.39, 0.29) is 20.1 Å². The van der Waals surface area contributed by atoms with Crippen LogP contribution in [0.5, 0.6) is 0 Å². The number of aryl methyl sites for hydroxylation is 2. The second-order valence-electron chi connectivity index (χ2n) is 14.8. The Morgan fingerprint density at radius 2 is 1.40 bits per heavy atom. The Morgan fingerprint density at radius 3 is 2.13 bits per heavy atom. The molecule has 267 valence electrons. The molecule has 1 radical (unpaired) electrons. The predicted molar refractivity (Wildman–Crippen MR) is 222 cm³/mol. The molecule has 0 saturated carbocycles. The fraction of sp³-hybridized carbons (Fsp3) is 0.167. The van der Waals surface area contributed by atoms with E-state index in [1.54, 1.807) is 0 Å². The van der Waals surface area contributed by atoms with Gasteiger partial charge < -0.3 is 9.40 Å². The number of furan rings is 1. The molecule has 0 saturated heterocycles. The van der Waals surface area contributed by atoms with Gasteiger partial charge in [0.25, 0.3) is 0 Å². The summed E-state index contributed by atoms with van der Waals surface area (Å²) in [5, 5.41) is 2.22. The Labute approximate surface area is 330 Å². The van der Waals surface area contributed by atoms with Gasteiger partial charge in [0.05, 0.1) is 5.58 Å². The SMILES string of the molecule is Cc1cc(-c2[c-]ccc(-c3ccccc3)c2)nc[c]1[Ge]([CH3])([CH3])[CH3].Cc1ccccc1-c1ccc2c(c1)oc1c(-c3cc(C(C)C)ccn3)[c-]ccc12.[Ir]. The van der Waals surface area contributed by atoms with Gasteiger partial charge in [-0.3, -0.25) is 0 Å². The van der Waals surface area contributed by atoms with E-state index in [1.165, 1.54) is 43.3 Å². The van der Waals surface area contributed by atoms with Crippen LogP contribution in [-0.4, -0.2) is 23.2 Å². The Kier molecular flexibility index (Phi) is 11.6. The van der Waals surface area contributed by atoms with E-state index in [4.69, 9.17) is 9.40 Å². The van der Waals surface area contributed by atoms with Gasteiger partial charge in [0, 0.05) is 31.7 Å². The molecule has 5 aromatic carbocycles. The standard InChI is InChI=1S/C27H22NO.C21H22GeN.Ir/c1-17(2)19-13-14-28-25(15-19)24-10-6-9-23-22-12-11-20(16-26(22)29-27(23)24)21-8-5-4-7-18(21)3;1-16-13-21(23-15-20(16)22(2,3)4)19-12-8-11-18(14-19)17-9-6-5-7-10-17;/h4-9,11-17H,1-3H3;5-11,13-15H,1-4H3;/q2*-1;. The predicted octanol–water partition coefficient (Wildman–Crippen LogP) is 12.6. The average molecular weight is 930 g/mol. The van der Waals surface area contributed by atoms with Crippen molar-refractivity contribution >= 4 is 39.6 Å². The third-order valence-electron chi connectivity index (χ3n) is 9.70. The molecule has 0 N–H and O–H groups in total. The minimum Gasteiger partial charge on any atom is -0.501 e. The van der Waals surface area contributed by atoms with Crippen molar-refractivity contribution in [3.63, 3.8) is 0 Å². The van der Waals surface area contributed by atoms with Crippen LogP contribution in [0.25, 0.3) is 66.7 Å². The second kappa shape index (κ2) is 16.2. The minimum absolute atomic E-state index is 0. The van der Waals surface area contributed by atoms with Gasteiger partial charge >= 0.3 is 142 Å². The summed E-state index contributed by atoms with van der Waals surface area (Å²) < 4.78 is 7.85. The largest absolute Gasteiger partial charge is 0.501 e. The number of pyridine rings is 2. The molecular weight excluding hydrogens is 885 g/mol. The molecule has 0 unspecified atom stereocenters. The molecule has 0 amide bonds. The molecule has 0 bridgehead atoms. The first-order valence-corrected chi connectivity index (χ1v) is 25.3. The number of rotatable bonds is 6. The topological polar surface area (TPSA) is 38.9 Å². The summed E-state index contributed by atoms with van der Waals surface area (Å²) in [6.45, 7) is 8.73. The maximum absolute atomic E-state index is 6.37. The van der Waals surface area contributed by atoms with E-state index in [9.17, 15) is 0 Å². The van der Waals surface area contributed by atoms with Gasteiger partial charge in [-0.05, 0) is 47.4 Å². The van der Waals surface area contributed by atoms with Crippen molar-refractivity contribution in [2.75, 3.05) is 0 Å². The maximum Gasteiger partial charge on any atom is 0.121 e. The second-order valence-corrected chi connectivity index (χ2v) is 25.4. The Balaban J connectivity index is 0.000000183. The minimum atomic E-state index is -1.85. The van der Waals surface area contributed by atoms with Crippen LogP contribution in [-0.2, 0) is 20.1 Å². The molecule has 3 heterocycles. The normalized spacial score (nSPS) is 11.3. The van der Waals surface area contributed by atoms with Gasteiger partial charge in [-0.25, -0.2) is 0 Å². The van der Waals surface area contributed by atoms with Crippen LogP contribution in [0.1, 0.15) is 36.5 Å². The van der Waals surface area contributed by atoms with Crippen LogP contribution in [0.2, 0.25) is 17.3 Å². The molecule has 0 atom stereocenters. The van der Waals surface area contributed by atoms with Gasteiger partial charge in [0.1, 0.15) is 5.58 Å². The number of benzene rings is 5. The van der Waals surface area contributed by atoms with Gasteiger partial charge in [0.2, 0.25) is 0 Å². The van der Waals surface area contributed by atoms with Crippen molar-refractivity contribution in [3.05, 3.63) is 163 Å². The molecule has 3 nitrogen and oxygen atoms in total. The van der Waals surface area contributed by atoms with Crippen LogP contribution in [0, 0.1) is 26.0 Å². The molecule has 0 fully saturated rings. The molecule has 0 spiro atoms. The third-order valence-corrected chi connectivity index (χ3v) is 14.2. The summed E-state index contributed by atoms with van der Waals surface area (Å²) >= 11 is -1.85. The Morgan fingerprint density at radius 1 is 0.642 bits per heavy atom. The van der Waals surface area contributed by atoms with Crippen LogP contribution in [0.3, 0.4) is 0 Å². The smallest absolute Gasteiger partial charge is 0.121 e. The van der Waals surface area contributed by atoms with Gasteiger partial charge in [-0.1, -0.05) is 72.8 Å². The fourth-order valence-electron chi connectivity index (χ4n) is 6.85. The summed E-state index contributed by atoms with van der Waals surface area (Å²) in [6, 6.07) is 48.8. The fourth-order valence-corrected chi connectivity index (χ4v) is 10.4. The number of fused-ring (bicyclic) bond motifs is 3. The van der Waals surface area contributed by atoms with Crippen molar-refractivity contribution in [2.45, 2.75) is 50.9 Å². The molecule has 8 rings (SSSR count). The van der Waals surface area contributed by atoms with E-state index in [1.807, 2.05) is 24.4 Å². The van der Waals surface area contributed by atoms with E-state index in [0.29, 0.717) is 5.92 Å². The van der Waals surface area contributed by atoms with Crippen molar-refractivity contribution in [1.29, 1.82) is 0 Å². The summed E-state index contributed by atoms with van der Waals surface area (Å²) in [5.41, 5.74) is 14.3. The van der Waals surface area contributed by atoms with E-state index in [0.717, 1.165) is 44.5 Å². The summed E-state index contributed by atoms with van der Waals surface area (Å²) in [6.07, 6.45) is 3.96. The summed E-state index contributed by atoms with van der Waals surface area (Å²) in [7, 11) is 0. The van der Waals surface area contributed by atoms with Gasteiger partial charge in [-0.15, -0.1) is 18.2 Å². The Bertz CT molecular complexity index is 2510. The maximum atomic E-state index is 6.37. The van der Waals surface area contributed by atoms with Crippen molar-refractivity contribution in [2.24, 2.45) is 0 Å². The summed E-state index contributed by atoms with van der Waals surface area (Å²) in [4.78, 5) is 9.32. The monoisotopic (exact) mass is 931 g/mol. The zero-order valence-corrected chi connectivity index (χ0v) is 35.9. The van der Waals surface area contributed by atoms with E-state index < -0.39 is 13.3 Å². The van der Waals surface area contributed by atoms with E-state index in [2.05, 4.69) is 171 Å². The van der Waals surface area contributed by atoms with Crippen molar-refractivity contribution in [3.8, 4) is 44.8 Å². The molecule has 0 aliphatic rings. The number of hydrogen-bond donors (Lipinski definition) is 0. The first-order chi connectivity index (χ1) is 25.1. The number of nitrogens with zero attached hydrogens (tertiary/aromatic N) is 2. The zero-order valence-electron chi connectivity index (χ0n) is 31.4. The van der Waals surface area contributed by atoms with Gasteiger partial charge in [-0.2, -0.15) is 0 Å². The first kappa shape index (κ1) is 38.1. The molecular formula is C48H44GeIrN2O-2. The average Bonchev–Trinajstić information content (AvgIpc) is 3.53. The van der Waals surface area contributed by atoms with Crippen LogP contribution < -0.4 is 4.40 Å². The molecule has 5 heteroatoms. The van der Waals surface area contributed by atoms with Crippen LogP contribution >= 0.6 is 0 Å². The molecule has 0 aliphatic carbocycles. The molecule has 8 aromatic rings. The number of hydrogen-bond acceptors (Lipinski definition) is 3. The van der Waals surface area contributed by atoms with Crippen LogP contribution in [0.15, 0.2) is 138 Å². The Hall–Kier alpha value is -4.61. The van der Waals surface area contributed by atoms with E-state index >= 15 is 0 Å². The van der Waals surface area contributed by atoms with Crippen LogP contribution in [0.4, 0.5) is 0 Å².